The van der Waals surface area contributed by atoms with Crippen molar-refractivity contribution in [2.24, 2.45) is 5.92 Å². The topological polar surface area (TPSA) is 66.8 Å². The standard InChI is InChI=1S/C6H15O4P/c1-4-6(5(2)3)10-11(7,8)9/h5-6H,4H2,1-3H3,(H2,7,8,9). The average molecular weight is 182 g/mol. The highest BCUT2D eigenvalue weighted by Crippen LogP contribution is 2.39. The van der Waals surface area contributed by atoms with Crippen LogP contribution in [0.5, 0.6) is 0 Å². The molecule has 0 fully saturated rings. The van der Waals surface area contributed by atoms with Crippen molar-refractivity contribution in [3.05, 3.63) is 0 Å². The minimum absolute atomic E-state index is 0.132. The van der Waals surface area contributed by atoms with Crippen LogP contribution in [0.15, 0.2) is 0 Å². The summed E-state index contributed by atoms with van der Waals surface area (Å²) in [7, 11) is -4.29. The van der Waals surface area contributed by atoms with Crippen molar-refractivity contribution in [2.75, 3.05) is 0 Å². The van der Waals surface area contributed by atoms with Gasteiger partial charge in [-0.15, -0.1) is 0 Å². The third-order valence-electron chi connectivity index (χ3n) is 1.42. The minimum atomic E-state index is -4.29. The number of phosphoric ester groups is 1. The highest BCUT2D eigenvalue weighted by Gasteiger charge is 2.22. The van der Waals surface area contributed by atoms with Crippen LogP contribution in [0, 0.1) is 5.92 Å². The molecule has 68 valence electrons. The smallest absolute Gasteiger partial charge is 0.303 e. The van der Waals surface area contributed by atoms with Crippen molar-refractivity contribution >= 4 is 7.82 Å². The van der Waals surface area contributed by atoms with Crippen LogP contribution >= 0.6 is 7.82 Å². The van der Waals surface area contributed by atoms with Crippen LogP contribution in [-0.2, 0) is 9.09 Å². The molecule has 0 aliphatic heterocycles. The summed E-state index contributed by atoms with van der Waals surface area (Å²) in [5, 5.41) is 0. The van der Waals surface area contributed by atoms with Crippen LogP contribution in [-0.4, -0.2) is 15.9 Å². The van der Waals surface area contributed by atoms with Gasteiger partial charge < -0.3 is 9.79 Å². The Labute approximate surface area is 66.8 Å². The van der Waals surface area contributed by atoms with Gasteiger partial charge in [0.2, 0.25) is 0 Å². The van der Waals surface area contributed by atoms with Gasteiger partial charge in [0.15, 0.2) is 0 Å². The molecule has 4 nitrogen and oxygen atoms in total. The summed E-state index contributed by atoms with van der Waals surface area (Å²) in [6, 6.07) is 0. The van der Waals surface area contributed by atoms with E-state index in [2.05, 4.69) is 4.52 Å². The summed E-state index contributed by atoms with van der Waals surface area (Å²) in [6.07, 6.45) is 0.263. The molecule has 0 heterocycles. The Balaban J connectivity index is 3.99. The summed E-state index contributed by atoms with van der Waals surface area (Å²) >= 11 is 0. The quantitative estimate of drug-likeness (QED) is 0.647. The van der Waals surface area contributed by atoms with E-state index in [-0.39, 0.29) is 12.0 Å². The van der Waals surface area contributed by atoms with E-state index in [0.29, 0.717) is 6.42 Å². The zero-order valence-corrected chi connectivity index (χ0v) is 7.91. The van der Waals surface area contributed by atoms with Gasteiger partial charge in [0.1, 0.15) is 0 Å². The lowest BCUT2D eigenvalue weighted by atomic mass is 10.1. The Kier molecular flexibility index (Phi) is 4.26. The highest BCUT2D eigenvalue weighted by atomic mass is 31.2. The molecule has 0 aliphatic rings. The second-order valence-electron chi connectivity index (χ2n) is 2.79. The number of rotatable bonds is 4. The van der Waals surface area contributed by atoms with Crippen LogP contribution in [0.3, 0.4) is 0 Å². The molecule has 0 saturated heterocycles. The van der Waals surface area contributed by atoms with Gasteiger partial charge in [-0.25, -0.2) is 4.57 Å². The van der Waals surface area contributed by atoms with Crippen LogP contribution < -0.4 is 0 Å². The first-order valence-corrected chi connectivity index (χ1v) is 5.13. The maximum Gasteiger partial charge on any atom is 0.469 e. The predicted octanol–water partition coefficient (Wildman–Crippen LogP) is 1.53. The number of phosphoric acid groups is 1. The van der Waals surface area contributed by atoms with Gasteiger partial charge in [-0.3, -0.25) is 4.52 Å². The van der Waals surface area contributed by atoms with Crippen molar-refractivity contribution in [2.45, 2.75) is 33.3 Å². The predicted molar refractivity (Wildman–Crippen MR) is 42.0 cm³/mol. The van der Waals surface area contributed by atoms with Gasteiger partial charge >= 0.3 is 7.82 Å². The fourth-order valence-corrected chi connectivity index (χ4v) is 1.59. The van der Waals surface area contributed by atoms with E-state index in [1.807, 2.05) is 20.8 Å². The number of hydrogen-bond donors (Lipinski definition) is 2. The normalized spacial score (nSPS) is 15.5. The molecule has 5 heteroatoms. The van der Waals surface area contributed by atoms with Gasteiger partial charge in [0.25, 0.3) is 0 Å². The molecule has 1 atom stereocenters. The van der Waals surface area contributed by atoms with Crippen molar-refractivity contribution in [1.82, 2.24) is 0 Å². The molecule has 11 heavy (non-hydrogen) atoms. The van der Waals surface area contributed by atoms with Crippen molar-refractivity contribution in [1.29, 1.82) is 0 Å². The lowest BCUT2D eigenvalue weighted by Crippen LogP contribution is -2.17. The van der Waals surface area contributed by atoms with Gasteiger partial charge in [-0.2, -0.15) is 0 Å². The fraction of sp³-hybridized carbons (Fsp3) is 1.00. The lowest BCUT2D eigenvalue weighted by Gasteiger charge is -2.19. The van der Waals surface area contributed by atoms with E-state index in [1.54, 1.807) is 0 Å². The Morgan fingerprint density at radius 3 is 2.00 bits per heavy atom. The van der Waals surface area contributed by atoms with Crippen molar-refractivity contribution < 1.29 is 18.9 Å². The average Bonchev–Trinajstić information content (AvgIpc) is 1.80. The highest BCUT2D eigenvalue weighted by molar-refractivity contribution is 7.46. The molecule has 0 aromatic carbocycles. The minimum Gasteiger partial charge on any atom is -0.303 e. The molecule has 0 rings (SSSR count). The summed E-state index contributed by atoms with van der Waals surface area (Å²) in [4.78, 5) is 16.9. The second kappa shape index (κ2) is 4.21. The Bertz CT molecular complexity index is 151. The van der Waals surface area contributed by atoms with Crippen LogP contribution in [0.4, 0.5) is 0 Å². The molecule has 0 amide bonds. The van der Waals surface area contributed by atoms with Crippen molar-refractivity contribution in [3.63, 3.8) is 0 Å². The summed E-state index contributed by atoms with van der Waals surface area (Å²) in [5.74, 6) is 0.132. The molecule has 0 aliphatic carbocycles. The Morgan fingerprint density at radius 1 is 1.45 bits per heavy atom. The van der Waals surface area contributed by atoms with Crippen molar-refractivity contribution in [3.8, 4) is 0 Å². The molecule has 0 aromatic rings. The summed E-state index contributed by atoms with van der Waals surface area (Å²) < 4.78 is 14.9. The number of hydrogen-bond acceptors (Lipinski definition) is 2. The first kappa shape index (κ1) is 11.1. The molecule has 0 spiro atoms. The zero-order chi connectivity index (χ0) is 9.07. The van der Waals surface area contributed by atoms with E-state index in [0.717, 1.165) is 0 Å². The lowest BCUT2D eigenvalue weighted by molar-refractivity contribution is 0.0971. The first-order chi connectivity index (χ1) is 4.87. The maximum atomic E-state index is 10.4. The zero-order valence-electron chi connectivity index (χ0n) is 7.02. The molecular formula is C6H15O4P. The second-order valence-corrected chi connectivity index (χ2v) is 3.98. The van der Waals surface area contributed by atoms with E-state index in [4.69, 9.17) is 9.79 Å². The van der Waals surface area contributed by atoms with E-state index < -0.39 is 7.82 Å². The molecule has 0 aromatic heterocycles. The third-order valence-corrected chi connectivity index (χ3v) is 1.96. The van der Waals surface area contributed by atoms with Gasteiger partial charge in [-0.1, -0.05) is 20.8 Å². The van der Waals surface area contributed by atoms with Crippen LogP contribution in [0.2, 0.25) is 0 Å². The summed E-state index contributed by atoms with van der Waals surface area (Å²) in [5.41, 5.74) is 0. The molecule has 2 N–H and O–H groups in total. The molecule has 1 unspecified atom stereocenters. The molecule has 0 bridgehead atoms. The third kappa shape index (κ3) is 5.39. The molecular weight excluding hydrogens is 167 g/mol. The largest absolute Gasteiger partial charge is 0.469 e. The van der Waals surface area contributed by atoms with Gasteiger partial charge in [-0.05, 0) is 12.3 Å². The Morgan fingerprint density at radius 2 is 1.91 bits per heavy atom. The summed E-state index contributed by atoms with van der Waals surface area (Å²) in [6.45, 7) is 5.56. The monoisotopic (exact) mass is 182 g/mol. The van der Waals surface area contributed by atoms with Gasteiger partial charge in [0.05, 0.1) is 6.10 Å². The fourth-order valence-electron chi connectivity index (χ4n) is 0.844. The van der Waals surface area contributed by atoms with Gasteiger partial charge in [0, 0.05) is 0 Å². The SMILES string of the molecule is CCC(OP(=O)(O)O)C(C)C. The van der Waals surface area contributed by atoms with Crippen LogP contribution in [0.1, 0.15) is 27.2 Å². The maximum absolute atomic E-state index is 10.4. The van der Waals surface area contributed by atoms with E-state index in [1.165, 1.54) is 0 Å². The first-order valence-electron chi connectivity index (χ1n) is 3.60. The Hall–Kier alpha value is 0.110. The molecule has 0 saturated carbocycles. The molecule has 0 radical (unpaired) electrons. The van der Waals surface area contributed by atoms with E-state index in [9.17, 15) is 4.57 Å². The van der Waals surface area contributed by atoms with E-state index >= 15 is 0 Å². The van der Waals surface area contributed by atoms with Crippen LogP contribution in [0.25, 0.3) is 0 Å².